The highest BCUT2D eigenvalue weighted by atomic mass is 79.9. The predicted molar refractivity (Wildman–Crippen MR) is 58.9 cm³/mol. The molecule has 1 rings (SSSR count). The number of halogens is 1. The van der Waals surface area contributed by atoms with Crippen molar-refractivity contribution in [1.29, 1.82) is 0 Å². The zero-order valence-electron chi connectivity index (χ0n) is 7.66. The second-order valence-corrected chi connectivity index (χ2v) is 3.65. The van der Waals surface area contributed by atoms with E-state index in [0.717, 1.165) is 16.8 Å². The summed E-state index contributed by atoms with van der Waals surface area (Å²) in [6.45, 7) is 0.701. The molecule has 0 aromatic carbocycles. The fourth-order valence-electron chi connectivity index (χ4n) is 0.986. The lowest BCUT2D eigenvalue weighted by molar-refractivity contribution is -0.118. The molecule has 0 fully saturated rings. The van der Waals surface area contributed by atoms with Gasteiger partial charge in [-0.3, -0.25) is 4.79 Å². The summed E-state index contributed by atoms with van der Waals surface area (Å²) in [7, 11) is 0. The molecule has 0 radical (unpaired) electrons. The number of amides is 1. The molecule has 0 atom stereocenters. The summed E-state index contributed by atoms with van der Waals surface area (Å²) < 4.78 is 0.789. The largest absolute Gasteiger partial charge is 0.370 e. The number of pyridine rings is 1. The summed E-state index contributed by atoms with van der Waals surface area (Å²) in [5.74, 6) is 0.526. The molecule has 1 aromatic heterocycles. The van der Waals surface area contributed by atoms with Gasteiger partial charge < -0.3 is 11.1 Å². The van der Waals surface area contributed by atoms with Crippen LogP contribution in [0.25, 0.3) is 0 Å². The summed E-state index contributed by atoms with van der Waals surface area (Å²) >= 11 is 3.27. The fraction of sp³-hybridized carbons (Fsp3) is 0.333. The first-order valence-electron chi connectivity index (χ1n) is 4.33. The van der Waals surface area contributed by atoms with E-state index in [0.29, 0.717) is 13.0 Å². The molecular weight excluding hydrogens is 246 g/mol. The number of aromatic nitrogens is 1. The van der Waals surface area contributed by atoms with Gasteiger partial charge in [-0.25, -0.2) is 4.98 Å². The van der Waals surface area contributed by atoms with Crippen molar-refractivity contribution in [3.05, 3.63) is 22.8 Å². The molecule has 0 aliphatic heterocycles. The van der Waals surface area contributed by atoms with Crippen LogP contribution in [0.3, 0.4) is 0 Å². The first kappa shape index (κ1) is 11.0. The van der Waals surface area contributed by atoms with Crippen molar-refractivity contribution in [3.8, 4) is 0 Å². The van der Waals surface area contributed by atoms with Crippen molar-refractivity contribution in [1.82, 2.24) is 4.98 Å². The Morgan fingerprint density at radius 1 is 1.57 bits per heavy atom. The van der Waals surface area contributed by atoms with E-state index in [9.17, 15) is 4.79 Å². The van der Waals surface area contributed by atoms with Crippen LogP contribution in [-0.4, -0.2) is 17.4 Å². The first-order chi connectivity index (χ1) is 6.68. The normalized spacial score (nSPS) is 9.79. The maximum Gasteiger partial charge on any atom is 0.217 e. The molecule has 1 aromatic rings. The van der Waals surface area contributed by atoms with Gasteiger partial charge >= 0.3 is 0 Å². The Labute approximate surface area is 91.0 Å². The molecular formula is C9H12BrN3O. The lowest BCUT2D eigenvalue weighted by Crippen LogP contribution is -2.12. The monoisotopic (exact) mass is 257 g/mol. The third kappa shape index (κ3) is 4.23. The number of primary amides is 1. The van der Waals surface area contributed by atoms with Crippen LogP contribution in [0.5, 0.6) is 0 Å². The molecule has 14 heavy (non-hydrogen) atoms. The number of hydrogen-bond acceptors (Lipinski definition) is 3. The van der Waals surface area contributed by atoms with Crippen LogP contribution >= 0.6 is 15.9 Å². The number of nitrogens with two attached hydrogens (primary N) is 1. The molecule has 0 aliphatic rings. The molecule has 0 aliphatic carbocycles. The molecule has 4 nitrogen and oxygen atoms in total. The molecule has 0 saturated heterocycles. The van der Waals surface area contributed by atoms with E-state index in [1.807, 2.05) is 18.2 Å². The van der Waals surface area contributed by atoms with Crippen molar-refractivity contribution in [2.45, 2.75) is 12.8 Å². The van der Waals surface area contributed by atoms with Crippen molar-refractivity contribution >= 4 is 27.7 Å². The molecule has 1 heterocycles. The summed E-state index contributed by atoms with van der Waals surface area (Å²) in [4.78, 5) is 14.6. The Morgan fingerprint density at radius 2 is 2.36 bits per heavy atom. The van der Waals surface area contributed by atoms with Gasteiger partial charge in [0.15, 0.2) is 0 Å². The molecule has 5 heteroatoms. The lowest BCUT2D eigenvalue weighted by atomic mass is 10.3. The Kier molecular flexibility index (Phi) is 4.39. The van der Waals surface area contributed by atoms with Gasteiger partial charge in [-0.05, 0) is 34.5 Å². The number of anilines is 1. The zero-order chi connectivity index (χ0) is 10.4. The highest BCUT2D eigenvalue weighted by Gasteiger charge is 1.96. The highest BCUT2D eigenvalue weighted by Crippen LogP contribution is 2.09. The topological polar surface area (TPSA) is 68.0 Å². The average molecular weight is 258 g/mol. The van der Waals surface area contributed by atoms with E-state index in [4.69, 9.17) is 5.73 Å². The quantitative estimate of drug-likeness (QED) is 0.621. The Bertz CT molecular complexity index is 317. The minimum absolute atomic E-state index is 0.269. The minimum atomic E-state index is -0.269. The van der Waals surface area contributed by atoms with Crippen molar-refractivity contribution in [2.75, 3.05) is 11.9 Å². The predicted octanol–water partition coefficient (Wildman–Crippen LogP) is 1.52. The van der Waals surface area contributed by atoms with E-state index in [1.54, 1.807) is 0 Å². The van der Waals surface area contributed by atoms with Gasteiger partial charge in [0.25, 0.3) is 0 Å². The summed E-state index contributed by atoms with van der Waals surface area (Å²) in [6, 6.07) is 5.62. The Hall–Kier alpha value is -1.10. The third-order valence-corrected chi connectivity index (χ3v) is 2.06. The van der Waals surface area contributed by atoms with Crippen LogP contribution in [0.1, 0.15) is 12.8 Å². The summed E-state index contributed by atoms with van der Waals surface area (Å²) in [6.07, 6.45) is 1.13. The number of carbonyl (C=O) groups excluding carboxylic acids is 1. The maximum atomic E-state index is 10.4. The van der Waals surface area contributed by atoms with Crippen molar-refractivity contribution < 1.29 is 4.79 Å². The van der Waals surface area contributed by atoms with Crippen LogP contribution < -0.4 is 11.1 Å². The van der Waals surface area contributed by atoms with Crippen LogP contribution in [0, 0.1) is 0 Å². The number of rotatable bonds is 5. The van der Waals surface area contributed by atoms with Crippen LogP contribution in [-0.2, 0) is 4.79 Å². The van der Waals surface area contributed by atoms with Crippen LogP contribution in [0.2, 0.25) is 0 Å². The Balaban J connectivity index is 2.28. The van der Waals surface area contributed by atoms with Crippen molar-refractivity contribution in [2.24, 2.45) is 5.73 Å². The van der Waals surface area contributed by atoms with Gasteiger partial charge in [0.1, 0.15) is 10.4 Å². The molecule has 0 bridgehead atoms. The van der Waals surface area contributed by atoms with Gasteiger partial charge in [-0.1, -0.05) is 6.07 Å². The smallest absolute Gasteiger partial charge is 0.217 e. The molecule has 0 unspecified atom stereocenters. The highest BCUT2D eigenvalue weighted by molar-refractivity contribution is 9.10. The maximum absolute atomic E-state index is 10.4. The number of nitrogens with zero attached hydrogens (tertiary/aromatic N) is 1. The van der Waals surface area contributed by atoms with Crippen molar-refractivity contribution in [3.63, 3.8) is 0 Å². The fourth-order valence-corrected chi connectivity index (χ4v) is 1.33. The van der Waals surface area contributed by atoms with Gasteiger partial charge in [-0.15, -0.1) is 0 Å². The van der Waals surface area contributed by atoms with Gasteiger partial charge in [-0.2, -0.15) is 0 Å². The SMILES string of the molecule is NC(=O)CCCNc1cccc(Br)n1. The van der Waals surface area contributed by atoms with E-state index in [1.165, 1.54) is 0 Å². The van der Waals surface area contributed by atoms with Gasteiger partial charge in [0.05, 0.1) is 0 Å². The van der Waals surface area contributed by atoms with Crippen LogP contribution in [0.15, 0.2) is 22.8 Å². The van der Waals surface area contributed by atoms with Gasteiger partial charge in [0.2, 0.25) is 5.91 Å². The number of hydrogen-bond donors (Lipinski definition) is 2. The Morgan fingerprint density at radius 3 is 3.00 bits per heavy atom. The first-order valence-corrected chi connectivity index (χ1v) is 5.12. The zero-order valence-corrected chi connectivity index (χ0v) is 9.25. The van der Waals surface area contributed by atoms with Crippen LogP contribution in [0.4, 0.5) is 5.82 Å². The van der Waals surface area contributed by atoms with E-state index in [-0.39, 0.29) is 5.91 Å². The third-order valence-electron chi connectivity index (χ3n) is 1.62. The molecule has 76 valence electrons. The summed E-state index contributed by atoms with van der Waals surface area (Å²) in [5, 5.41) is 3.09. The molecule has 1 amide bonds. The summed E-state index contributed by atoms with van der Waals surface area (Å²) in [5.41, 5.74) is 5.01. The number of carbonyl (C=O) groups is 1. The second kappa shape index (κ2) is 5.59. The second-order valence-electron chi connectivity index (χ2n) is 2.84. The molecule has 0 saturated carbocycles. The van der Waals surface area contributed by atoms with E-state index >= 15 is 0 Å². The average Bonchev–Trinajstić information content (AvgIpc) is 2.12. The minimum Gasteiger partial charge on any atom is -0.370 e. The molecule has 0 spiro atoms. The lowest BCUT2D eigenvalue weighted by Gasteiger charge is -2.04. The van der Waals surface area contributed by atoms with E-state index < -0.39 is 0 Å². The van der Waals surface area contributed by atoms with E-state index in [2.05, 4.69) is 26.2 Å². The molecule has 3 N–H and O–H groups in total. The van der Waals surface area contributed by atoms with Gasteiger partial charge in [0, 0.05) is 13.0 Å². The number of nitrogens with one attached hydrogen (secondary N) is 1. The standard InChI is InChI=1S/C9H12BrN3O/c10-7-3-1-5-9(13-7)12-6-2-4-8(11)14/h1,3,5H,2,4,6H2,(H2,11,14)(H,12,13).